The van der Waals surface area contributed by atoms with E-state index in [2.05, 4.69) is 0 Å². The van der Waals surface area contributed by atoms with Crippen molar-refractivity contribution in [2.75, 3.05) is 0 Å². The Morgan fingerprint density at radius 3 is 2.43 bits per heavy atom. The van der Waals surface area contributed by atoms with E-state index in [0.717, 1.165) is 5.56 Å². The van der Waals surface area contributed by atoms with Gasteiger partial charge in [0.25, 0.3) is 0 Å². The highest BCUT2D eigenvalue weighted by Crippen LogP contribution is 2.11. The molecule has 1 aromatic carbocycles. The molecule has 14 heavy (non-hydrogen) atoms. The maximum atomic E-state index is 12.9. The maximum Gasteiger partial charge on any atom is 0.130 e. The average molecular weight is 186 g/mol. The molecule has 0 bridgehead atoms. The zero-order valence-corrected chi connectivity index (χ0v) is 7.58. The molecule has 0 spiro atoms. The van der Waals surface area contributed by atoms with E-state index >= 15 is 0 Å². The number of nitriles is 2. The molecule has 0 aliphatic rings. The Hall–Kier alpha value is -2.13. The minimum absolute atomic E-state index is 0.0324. The molecule has 0 amide bonds. The predicted molar refractivity (Wildman–Crippen MR) is 50.3 cm³/mol. The smallest absolute Gasteiger partial charge is 0.130 e. The van der Waals surface area contributed by atoms with Gasteiger partial charge < -0.3 is 0 Å². The lowest BCUT2D eigenvalue weighted by Gasteiger charge is -1.96. The highest BCUT2D eigenvalue weighted by atomic mass is 19.1. The van der Waals surface area contributed by atoms with Crippen LogP contribution in [-0.4, -0.2) is 0 Å². The molecule has 2 nitrogen and oxygen atoms in total. The van der Waals surface area contributed by atoms with Gasteiger partial charge in [0.1, 0.15) is 23.5 Å². The second-order valence-corrected chi connectivity index (χ2v) is 2.84. The quantitative estimate of drug-likeness (QED) is 0.633. The summed E-state index contributed by atoms with van der Waals surface area (Å²) in [5.74, 6) is -0.369. The number of hydrogen-bond acceptors (Lipinski definition) is 2. The second kappa shape index (κ2) is 4.20. The molecule has 0 radical (unpaired) electrons. The van der Waals surface area contributed by atoms with E-state index in [1.54, 1.807) is 25.1 Å². The molecule has 0 heterocycles. The van der Waals surface area contributed by atoms with Crippen LogP contribution in [-0.2, 0) is 0 Å². The third-order valence-corrected chi connectivity index (χ3v) is 1.62. The molecule has 0 saturated carbocycles. The fraction of sp³-hybridized carbons (Fsp3) is 0.0909. The second-order valence-electron chi connectivity index (χ2n) is 2.84. The van der Waals surface area contributed by atoms with Crippen LogP contribution in [0.3, 0.4) is 0 Å². The van der Waals surface area contributed by atoms with Crippen molar-refractivity contribution in [1.29, 1.82) is 10.5 Å². The first-order valence-electron chi connectivity index (χ1n) is 3.95. The van der Waals surface area contributed by atoms with Gasteiger partial charge in [0.15, 0.2) is 0 Å². The van der Waals surface area contributed by atoms with Crippen molar-refractivity contribution in [3.8, 4) is 12.1 Å². The lowest BCUT2D eigenvalue weighted by atomic mass is 10.1. The zero-order chi connectivity index (χ0) is 10.6. The Kier molecular flexibility index (Phi) is 2.99. The first-order valence-corrected chi connectivity index (χ1v) is 3.95. The highest BCUT2D eigenvalue weighted by Gasteiger charge is 1.97. The third-order valence-electron chi connectivity index (χ3n) is 1.62. The molecule has 1 rings (SSSR count). The summed E-state index contributed by atoms with van der Waals surface area (Å²) in [6, 6.07) is 7.80. The van der Waals surface area contributed by atoms with Gasteiger partial charge in [-0.1, -0.05) is 6.07 Å². The summed E-state index contributed by atoms with van der Waals surface area (Å²) in [7, 11) is 0. The van der Waals surface area contributed by atoms with E-state index in [1.807, 2.05) is 0 Å². The molecule has 0 aliphatic carbocycles. The number of halogens is 1. The van der Waals surface area contributed by atoms with Crippen molar-refractivity contribution < 1.29 is 4.39 Å². The predicted octanol–water partition coefficient (Wildman–Crippen LogP) is 2.56. The molecule has 0 fully saturated rings. The van der Waals surface area contributed by atoms with Crippen molar-refractivity contribution in [3.63, 3.8) is 0 Å². The summed E-state index contributed by atoms with van der Waals surface area (Å²) in [6.45, 7) is 1.75. The number of aryl methyl sites for hydroxylation is 1. The Balaban J connectivity index is 3.17. The lowest BCUT2D eigenvalue weighted by Crippen LogP contribution is -1.82. The van der Waals surface area contributed by atoms with Crippen molar-refractivity contribution in [1.82, 2.24) is 0 Å². The van der Waals surface area contributed by atoms with Crippen LogP contribution >= 0.6 is 0 Å². The van der Waals surface area contributed by atoms with Gasteiger partial charge in [0.2, 0.25) is 0 Å². The van der Waals surface area contributed by atoms with Crippen LogP contribution in [0.5, 0.6) is 0 Å². The largest absolute Gasteiger partial charge is 0.207 e. The summed E-state index contributed by atoms with van der Waals surface area (Å²) >= 11 is 0. The van der Waals surface area contributed by atoms with Crippen LogP contribution in [0.2, 0.25) is 0 Å². The monoisotopic (exact) mass is 186 g/mol. The van der Waals surface area contributed by atoms with E-state index in [1.165, 1.54) is 18.2 Å². The van der Waals surface area contributed by atoms with E-state index < -0.39 is 0 Å². The SMILES string of the molecule is Cc1cc(F)cc(C=C(C#N)C#N)c1. The number of nitrogens with zero attached hydrogens (tertiary/aromatic N) is 2. The summed E-state index contributed by atoms with van der Waals surface area (Å²) in [4.78, 5) is 0. The molecule has 0 aliphatic heterocycles. The third kappa shape index (κ3) is 2.43. The summed E-state index contributed by atoms with van der Waals surface area (Å²) in [6.07, 6.45) is 1.36. The molecule has 0 saturated heterocycles. The topological polar surface area (TPSA) is 47.6 Å². The molecule has 0 N–H and O–H groups in total. The molecule has 0 atom stereocenters. The lowest BCUT2D eigenvalue weighted by molar-refractivity contribution is 0.626. The van der Waals surface area contributed by atoms with Gasteiger partial charge in [-0.15, -0.1) is 0 Å². The van der Waals surface area contributed by atoms with Gasteiger partial charge >= 0.3 is 0 Å². The van der Waals surface area contributed by atoms with E-state index in [-0.39, 0.29) is 11.4 Å². The first-order chi connectivity index (χ1) is 6.65. The van der Waals surface area contributed by atoms with Gasteiger partial charge in [0, 0.05) is 0 Å². The Labute approximate surface area is 81.5 Å². The standard InChI is InChI=1S/C11H7FN2/c1-8-2-9(5-11(12)3-8)4-10(6-13)7-14/h2-5H,1H3. The minimum Gasteiger partial charge on any atom is -0.207 e. The maximum absolute atomic E-state index is 12.9. The number of allylic oxidation sites excluding steroid dienone is 1. The van der Waals surface area contributed by atoms with Crippen molar-refractivity contribution in [2.24, 2.45) is 0 Å². The van der Waals surface area contributed by atoms with Crippen molar-refractivity contribution in [3.05, 3.63) is 40.7 Å². The van der Waals surface area contributed by atoms with Crippen LogP contribution in [0.4, 0.5) is 4.39 Å². The van der Waals surface area contributed by atoms with Gasteiger partial charge in [-0.2, -0.15) is 10.5 Å². The van der Waals surface area contributed by atoms with Crippen LogP contribution in [0.25, 0.3) is 6.08 Å². The average Bonchev–Trinajstić information content (AvgIpc) is 2.12. The van der Waals surface area contributed by atoms with E-state index in [9.17, 15) is 4.39 Å². The summed E-state index contributed by atoms with van der Waals surface area (Å²) < 4.78 is 12.9. The van der Waals surface area contributed by atoms with Crippen LogP contribution in [0, 0.1) is 35.4 Å². The minimum atomic E-state index is -0.369. The molecular weight excluding hydrogens is 179 g/mol. The Bertz CT molecular complexity index is 425. The molecule has 0 unspecified atom stereocenters. The Morgan fingerprint density at radius 1 is 1.29 bits per heavy atom. The highest BCUT2D eigenvalue weighted by molar-refractivity contribution is 5.62. The number of benzene rings is 1. The fourth-order valence-electron chi connectivity index (χ4n) is 1.10. The molecule has 1 aromatic rings. The fourth-order valence-corrected chi connectivity index (χ4v) is 1.10. The van der Waals surface area contributed by atoms with E-state index in [4.69, 9.17) is 10.5 Å². The molecule has 3 heteroatoms. The zero-order valence-electron chi connectivity index (χ0n) is 7.58. The van der Waals surface area contributed by atoms with Crippen molar-refractivity contribution >= 4 is 6.08 Å². The summed E-state index contributed by atoms with van der Waals surface area (Å²) in [5.41, 5.74) is 1.25. The van der Waals surface area contributed by atoms with Crippen molar-refractivity contribution in [2.45, 2.75) is 6.92 Å². The summed E-state index contributed by atoms with van der Waals surface area (Å²) in [5, 5.41) is 17.0. The van der Waals surface area contributed by atoms with Gasteiger partial charge in [0.05, 0.1) is 0 Å². The van der Waals surface area contributed by atoms with Crippen LogP contribution in [0.1, 0.15) is 11.1 Å². The van der Waals surface area contributed by atoms with Crippen LogP contribution < -0.4 is 0 Å². The number of rotatable bonds is 1. The van der Waals surface area contributed by atoms with Crippen LogP contribution in [0.15, 0.2) is 23.8 Å². The molecular formula is C11H7FN2. The molecule has 68 valence electrons. The van der Waals surface area contributed by atoms with Gasteiger partial charge in [-0.05, 0) is 36.3 Å². The van der Waals surface area contributed by atoms with E-state index in [0.29, 0.717) is 5.56 Å². The number of hydrogen-bond donors (Lipinski definition) is 0. The van der Waals surface area contributed by atoms with Gasteiger partial charge in [-0.25, -0.2) is 4.39 Å². The normalized spacial score (nSPS) is 8.57. The van der Waals surface area contributed by atoms with Gasteiger partial charge in [-0.3, -0.25) is 0 Å². The first kappa shape index (κ1) is 9.95. The Morgan fingerprint density at radius 2 is 1.93 bits per heavy atom. The molecule has 0 aromatic heterocycles.